The highest BCUT2D eigenvalue weighted by Gasteiger charge is 2.33. The first-order chi connectivity index (χ1) is 16.8. The standard InChI is InChI=1S/C23H15N3O7S2/c1-32-17-9-6-15(7-10-17)24-22(27)21(35-23(24)34)12-14-4-2-3-5-19(14)33-20-11-8-16(25(28)29)13-18(20)26(30)31/h2-13H,1H3/b21-12+. The summed E-state index contributed by atoms with van der Waals surface area (Å²) in [5, 5.41) is 22.4. The number of nitro benzene ring substituents is 2. The van der Waals surface area contributed by atoms with Gasteiger partial charge in [0.15, 0.2) is 4.32 Å². The first-order valence-electron chi connectivity index (χ1n) is 9.90. The zero-order valence-corrected chi connectivity index (χ0v) is 19.6. The highest BCUT2D eigenvalue weighted by atomic mass is 32.2. The minimum Gasteiger partial charge on any atom is -0.497 e. The van der Waals surface area contributed by atoms with Crippen LogP contribution < -0.4 is 14.4 Å². The van der Waals surface area contributed by atoms with E-state index in [0.29, 0.717) is 26.2 Å². The molecule has 0 atom stereocenters. The number of nitrogens with zero attached hydrogens (tertiary/aromatic N) is 3. The maximum Gasteiger partial charge on any atom is 0.318 e. The molecule has 1 aliphatic heterocycles. The fourth-order valence-electron chi connectivity index (χ4n) is 3.22. The molecule has 1 fully saturated rings. The second-order valence-corrected chi connectivity index (χ2v) is 8.70. The number of amides is 1. The molecule has 0 spiro atoms. The highest BCUT2D eigenvalue weighted by molar-refractivity contribution is 8.27. The fraction of sp³-hybridized carbons (Fsp3) is 0.0435. The van der Waals surface area contributed by atoms with Crippen molar-refractivity contribution in [2.24, 2.45) is 0 Å². The van der Waals surface area contributed by atoms with Crippen LogP contribution in [-0.4, -0.2) is 27.2 Å². The summed E-state index contributed by atoms with van der Waals surface area (Å²) in [6.07, 6.45) is 1.58. The summed E-state index contributed by atoms with van der Waals surface area (Å²) in [6, 6.07) is 16.6. The van der Waals surface area contributed by atoms with Crippen LogP contribution in [0.25, 0.3) is 6.08 Å². The van der Waals surface area contributed by atoms with E-state index in [1.54, 1.807) is 61.7 Å². The summed E-state index contributed by atoms with van der Waals surface area (Å²) < 4.78 is 11.2. The number of hydrogen-bond donors (Lipinski definition) is 0. The average molecular weight is 510 g/mol. The van der Waals surface area contributed by atoms with E-state index in [9.17, 15) is 25.0 Å². The lowest BCUT2D eigenvalue weighted by Gasteiger charge is -2.14. The van der Waals surface area contributed by atoms with Crippen molar-refractivity contribution < 1.29 is 24.1 Å². The zero-order chi connectivity index (χ0) is 25.1. The predicted molar refractivity (Wildman–Crippen MR) is 135 cm³/mol. The van der Waals surface area contributed by atoms with E-state index < -0.39 is 21.2 Å². The van der Waals surface area contributed by atoms with Crippen LogP contribution in [0.5, 0.6) is 17.2 Å². The van der Waals surface area contributed by atoms with E-state index in [-0.39, 0.29) is 17.4 Å². The molecule has 3 aromatic carbocycles. The molecule has 12 heteroatoms. The minimum atomic E-state index is -0.759. The average Bonchev–Trinajstić information content (AvgIpc) is 3.12. The van der Waals surface area contributed by atoms with Gasteiger partial charge in [-0.05, 0) is 42.5 Å². The molecule has 35 heavy (non-hydrogen) atoms. The van der Waals surface area contributed by atoms with Crippen LogP contribution in [0.15, 0.2) is 71.6 Å². The van der Waals surface area contributed by atoms with Crippen LogP contribution in [-0.2, 0) is 4.79 Å². The summed E-state index contributed by atoms with van der Waals surface area (Å²) >= 11 is 6.51. The normalized spacial score (nSPS) is 14.3. The quantitative estimate of drug-likeness (QED) is 0.170. The molecule has 1 amide bonds. The number of para-hydroxylation sites is 1. The molecular formula is C23H15N3O7S2. The van der Waals surface area contributed by atoms with Crippen LogP contribution in [0, 0.1) is 20.2 Å². The number of nitro groups is 2. The van der Waals surface area contributed by atoms with Gasteiger partial charge in [0.2, 0.25) is 5.75 Å². The first kappa shape index (κ1) is 23.9. The summed E-state index contributed by atoms with van der Waals surface area (Å²) in [5.74, 6) is 0.355. The van der Waals surface area contributed by atoms with Crippen molar-refractivity contribution in [3.63, 3.8) is 0 Å². The van der Waals surface area contributed by atoms with Gasteiger partial charge in [0.05, 0.1) is 33.6 Å². The number of benzene rings is 3. The summed E-state index contributed by atoms with van der Waals surface area (Å²) in [5.41, 5.74) is 0.0671. The van der Waals surface area contributed by atoms with E-state index in [0.717, 1.165) is 30.0 Å². The monoisotopic (exact) mass is 509 g/mol. The summed E-state index contributed by atoms with van der Waals surface area (Å²) in [6.45, 7) is 0. The second-order valence-electron chi connectivity index (χ2n) is 7.02. The lowest BCUT2D eigenvalue weighted by atomic mass is 10.1. The van der Waals surface area contributed by atoms with E-state index in [2.05, 4.69) is 0 Å². The molecule has 10 nitrogen and oxygen atoms in total. The summed E-state index contributed by atoms with van der Waals surface area (Å²) in [4.78, 5) is 35.8. The largest absolute Gasteiger partial charge is 0.497 e. The van der Waals surface area contributed by atoms with Crippen LogP contribution in [0.1, 0.15) is 5.56 Å². The van der Waals surface area contributed by atoms with Crippen molar-refractivity contribution in [3.05, 3.63) is 97.4 Å². The van der Waals surface area contributed by atoms with Crippen molar-refractivity contribution in [1.29, 1.82) is 0 Å². The molecule has 0 radical (unpaired) electrons. The SMILES string of the molecule is COc1ccc(N2C(=O)/C(=C\c3ccccc3Oc3ccc([N+](=O)[O-])cc3[N+](=O)[O-])SC2=S)cc1. The zero-order valence-electron chi connectivity index (χ0n) is 17.9. The Morgan fingerprint density at radius 2 is 1.69 bits per heavy atom. The number of ether oxygens (including phenoxy) is 2. The second kappa shape index (κ2) is 9.91. The van der Waals surface area contributed by atoms with Gasteiger partial charge in [-0.3, -0.25) is 29.9 Å². The Hall–Kier alpha value is -4.29. The number of carbonyl (C=O) groups excluding carboxylic acids is 1. The van der Waals surface area contributed by atoms with Gasteiger partial charge in [-0.2, -0.15) is 0 Å². The molecule has 0 bridgehead atoms. The molecule has 1 aliphatic rings. The first-order valence-corrected chi connectivity index (χ1v) is 11.1. The number of anilines is 1. The number of hydrogen-bond acceptors (Lipinski definition) is 9. The van der Waals surface area contributed by atoms with Crippen molar-refractivity contribution in [2.75, 3.05) is 12.0 Å². The van der Waals surface area contributed by atoms with Crippen molar-refractivity contribution in [1.82, 2.24) is 0 Å². The Bertz CT molecular complexity index is 1390. The maximum atomic E-state index is 13.1. The van der Waals surface area contributed by atoms with Crippen LogP contribution in [0.2, 0.25) is 0 Å². The molecule has 0 aromatic heterocycles. The van der Waals surface area contributed by atoms with Gasteiger partial charge in [-0.1, -0.05) is 42.2 Å². The highest BCUT2D eigenvalue weighted by Crippen LogP contribution is 2.39. The van der Waals surface area contributed by atoms with Gasteiger partial charge in [0.1, 0.15) is 11.5 Å². The van der Waals surface area contributed by atoms with E-state index in [1.807, 2.05) is 0 Å². The number of non-ortho nitro benzene ring substituents is 1. The molecule has 0 N–H and O–H groups in total. The van der Waals surface area contributed by atoms with Gasteiger partial charge >= 0.3 is 5.69 Å². The van der Waals surface area contributed by atoms with Gasteiger partial charge in [0.25, 0.3) is 11.6 Å². The Balaban J connectivity index is 1.65. The number of methoxy groups -OCH3 is 1. The fourth-order valence-corrected chi connectivity index (χ4v) is 4.51. The van der Waals surface area contributed by atoms with E-state index in [1.165, 1.54) is 4.90 Å². The Labute approximate surface area is 208 Å². The topological polar surface area (TPSA) is 125 Å². The molecular weight excluding hydrogens is 494 g/mol. The third kappa shape index (κ3) is 4.98. The Morgan fingerprint density at radius 3 is 2.34 bits per heavy atom. The van der Waals surface area contributed by atoms with Crippen LogP contribution >= 0.6 is 24.0 Å². The van der Waals surface area contributed by atoms with Gasteiger partial charge < -0.3 is 9.47 Å². The molecule has 4 rings (SSSR count). The molecule has 1 heterocycles. The number of thiocarbonyl (C=S) groups is 1. The molecule has 0 aliphatic carbocycles. The van der Waals surface area contributed by atoms with E-state index in [4.69, 9.17) is 21.7 Å². The van der Waals surface area contributed by atoms with Gasteiger partial charge in [-0.15, -0.1) is 0 Å². The summed E-state index contributed by atoms with van der Waals surface area (Å²) in [7, 11) is 1.54. The minimum absolute atomic E-state index is 0.174. The van der Waals surface area contributed by atoms with E-state index >= 15 is 0 Å². The molecule has 176 valence electrons. The van der Waals surface area contributed by atoms with Crippen LogP contribution in [0.4, 0.5) is 17.1 Å². The smallest absolute Gasteiger partial charge is 0.318 e. The third-order valence-electron chi connectivity index (χ3n) is 4.90. The molecule has 3 aromatic rings. The van der Waals surface area contributed by atoms with Crippen LogP contribution in [0.3, 0.4) is 0 Å². The maximum absolute atomic E-state index is 13.1. The molecule has 0 unspecified atom stereocenters. The Morgan fingerprint density at radius 1 is 0.971 bits per heavy atom. The number of thioether (sulfide) groups is 1. The van der Waals surface area contributed by atoms with Crippen molar-refractivity contribution in [2.45, 2.75) is 0 Å². The third-order valence-corrected chi connectivity index (χ3v) is 6.20. The van der Waals surface area contributed by atoms with Gasteiger partial charge in [0, 0.05) is 11.6 Å². The van der Waals surface area contributed by atoms with Gasteiger partial charge in [-0.25, -0.2) is 0 Å². The number of rotatable bonds is 7. The molecule has 1 saturated heterocycles. The predicted octanol–water partition coefficient (Wildman–Crippen LogP) is 5.71. The molecule has 0 saturated carbocycles. The Kier molecular flexibility index (Phi) is 6.75. The lowest BCUT2D eigenvalue weighted by molar-refractivity contribution is -0.394. The number of carbonyl (C=O) groups is 1. The van der Waals surface area contributed by atoms with Crippen molar-refractivity contribution in [3.8, 4) is 17.2 Å². The lowest BCUT2D eigenvalue weighted by Crippen LogP contribution is -2.27. The van der Waals surface area contributed by atoms with Crippen molar-refractivity contribution >= 4 is 57.3 Å².